The summed E-state index contributed by atoms with van der Waals surface area (Å²) >= 11 is 15.5. The highest BCUT2D eigenvalue weighted by atomic mass is 79.9. The smallest absolute Gasteiger partial charge is 0.135 e. The summed E-state index contributed by atoms with van der Waals surface area (Å²) in [6, 6.07) is 61.1. The van der Waals surface area contributed by atoms with Crippen molar-refractivity contribution in [2.24, 2.45) is 0 Å². The number of para-hydroxylation sites is 3. The average molecular weight is 820 g/mol. The van der Waals surface area contributed by atoms with E-state index in [0.29, 0.717) is 10.7 Å². The van der Waals surface area contributed by atoms with Crippen LogP contribution in [0.2, 0.25) is 10.0 Å². The van der Waals surface area contributed by atoms with E-state index in [-0.39, 0.29) is 0 Å². The summed E-state index contributed by atoms with van der Waals surface area (Å²) in [5.74, 6) is 3.57. The lowest BCUT2D eigenvalue weighted by Crippen LogP contribution is -1.92. The van der Waals surface area contributed by atoms with Crippen LogP contribution in [0.4, 0.5) is 5.69 Å². The van der Waals surface area contributed by atoms with E-state index in [1.165, 1.54) is 27.8 Å². The first-order valence-corrected chi connectivity index (χ1v) is 19.4. The lowest BCUT2D eigenvalue weighted by molar-refractivity contribution is 0.487. The molecule has 0 spiro atoms. The first kappa shape index (κ1) is 36.2. The molecule has 0 saturated carbocycles. The predicted molar refractivity (Wildman–Crippen MR) is 233 cm³/mol. The minimum atomic E-state index is 0.618. The molecule has 268 valence electrons. The first-order chi connectivity index (χ1) is 26.9. The number of ether oxygens (including phenoxy) is 2. The van der Waals surface area contributed by atoms with E-state index < -0.39 is 0 Å². The van der Waals surface area contributed by atoms with Crippen LogP contribution in [0.3, 0.4) is 0 Å². The van der Waals surface area contributed by atoms with Gasteiger partial charge in [-0.3, -0.25) is 0 Å². The molecule has 2 aliphatic rings. The van der Waals surface area contributed by atoms with Gasteiger partial charge in [0, 0.05) is 31.7 Å². The highest BCUT2D eigenvalue weighted by Gasteiger charge is 2.21. The van der Waals surface area contributed by atoms with E-state index in [9.17, 15) is 0 Å². The monoisotopic (exact) mass is 817 g/mol. The molecule has 2 heterocycles. The average Bonchev–Trinajstić information content (AvgIpc) is 3.45. The van der Waals surface area contributed by atoms with E-state index in [4.69, 9.17) is 38.4 Å². The van der Waals surface area contributed by atoms with Gasteiger partial charge >= 0.3 is 0 Å². The fourth-order valence-electron chi connectivity index (χ4n) is 6.82. The van der Waals surface area contributed by atoms with Gasteiger partial charge in [-0.05, 0) is 100 Å². The molecule has 10 rings (SSSR count). The van der Waals surface area contributed by atoms with Gasteiger partial charge in [-0.2, -0.15) is 0 Å². The number of fused-ring (bicyclic) bond motifs is 10. The molecule has 0 fully saturated rings. The Morgan fingerprint density at radius 2 is 0.818 bits per heavy atom. The van der Waals surface area contributed by atoms with Crippen LogP contribution in [-0.2, 0) is 6.42 Å². The first-order valence-electron chi connectivity index (χ1n) is 17.8. The Labute approximate surface area is 339 Å². The normalized spacial score (nSPS) is 11.3. The van der Waals surface area contributed by atoms with Gasteiger partial charge in [0.15, 0.2) is 0 Å². The van der Waals surface area contributed by atoms with Crippen molar-refractivity contribution in [3.63, 3.8) is 0 Å². The molecule has 0 saturated heterocycles. The molecule has 0 aromatic heterocycles. The molecule has 0 unspecified atom stereocenters. The summed E-state index contributed by atoms with van der Waals surface area (Å²) in [5.41, 5.74) is 17.7. The third kappa shape index (κ3) is 7.90. The molecule has 6 heteroatoms. The van der Waals surface area contributed by atoms with Crippen molar-refractivity contribution < 1.29 is 9.47 Å². The lowest BCUT2D eigenvalue weighted by Gasteiger charge is -2.12. The standard InChI is InChI=1S/C25H17ClO.C18H11BrO.C6H6ClN/c26-23-11-5-1-7-18(23)15-17-13-14-25-22(16-17)20-9-3-2-8-19(20)21-10-4-6-12-24(21)27-25;19-12-9-10-18-16(11-12)14-6-2-1-5-13(14)15-7-3-4-8-17(15)20-18;7-5-3-1-2-4-6(5)8/h1-14,16H,15H2;1-11H;1-4H,8H2. The number of hydrogen-bond acceptors (Lipinski definition) is 3. The Bertz CT molecular complexity index is 2640. The number of halogens is 3. The fourth-order valence-corrected chi connectivity index (χ4v) is 7.52. The summed E-state index contributed by atoms with van der Waals surface area (Å²) in [4.78, 5) is 0. The molecule has 0 amide bonds. The molecule has 55 heavy (non-hydrogen) atoms. The van der Waals surface area contributed by atoms with Gasteiger partial charge in [0.1, 0.15) is 23.0 Å². The SMILES string of the molecule is Brc1ccc2c(c1)-c1ccccc1-c1ccccc1O2.Clc1ccccc1Cc1ccc2c(c1)-c1ccccc1-c1ccccc1O2.Nc1ccccc1Cl. The number of hydrogen-bond donors (Lipinski definition) is 1. The molecule has 8 aromatic carbocycles. The van der Waals surface area contributed by atoms with E-state index in [1.807, 2.05) is 72.8 Å². The fraction of sp³-hybridized carbons (Fsp3) is 0.0204. The van der Waals surface area contributed by atoms with Crippen molar-refractivity contribution in [3.8, 4) is 67.5 Å². The number of anilines is 1. The zero-order valence-corrected chi connectivity index (χ0v) is 32.7. The Kier molecular flexibility index (Phi) is 10.7. The van der Waals surface area contributed by atoms with Crippen LogP contribution >= 0.6 is 39.1 Å². The Morgan fingerprint density at radius 3 is 1.35 bits per heavy atom. The van der Waals surface area contributed by atoms with Gasteiger partial charge in [0.05, 0.1) is 10.7 Å². The Balaban J connectivity index is 0.000000133. The highest BCUT2D eigenvalue weighted by Crippen LogP contribution is 2.48. The molecule has 8 aromatic rings. The minimum absolute atomic E-state index is 0.618. The van der Waals surface area contributed by atoms with E-state index in [2.05, 4.69) is 113 Å². The highest BCUT2D eigenvalue weighted by molar-refractivity contribution is 9.10. The van der Waals surface area contributed by atoms with Crippen LogP contribution in [0.1, 0.15) is 11.1 Å². The van der Waals surface area contributed by atoms with Gasteiger partial charge in [0.25, 0.3) is 0 Å². The van der Waals surface area contributed by atoms with E-state index >= 15 is 0 Å². The third-order valence-electron chi connectivity index (χ3n) is 9.47. The molecule has 2 N–H and O–H groups in total. The van der Waals surface area contributed by atoms with Crippen molar-refractivity contribution >= 4 is 44.8 Å². The van der Waals surface area contributed by atoms with Gasteiger partial charge in [-0.1, -0.05) is 160 Å². The van der Waals surface area contributed by atoms with Gasteiger partial charge < -0.3 is 15.2 Å². The van der Waals surface area contributed by atoms with Gasteiger partial charge in [-0.15, -0.1) is 0 Å². The lowest BCUT2D eigenvalue weighted by atomic mass is 9.93. The summed E-state index contributed by atoms with van der Waals surface area (Å²) in [7, 11) is 0. The molecule has 0 radical (unpaired) electrons. The maximum atomic E-state index is 6.36. The van der Waals surface area contributed by atoms with E-state index in [0.717, 1.165) is 66.7 Å². The van der Waals surface area contributed by atoms with Crippen LogP contribution < -0.4 is 15.2 Å². The summed E-state index contributed by atoms with van der Waals surface area (Å²) < 4.78 is 13.5. The molecule has 0 bridgehead atoms. The van der Waals surface area contributed by atoms with Crippen molar-refractivity contribution in [1.29, 1.82) is 0 Å². The van der Waals surface area contributed by atoms with Crippen molar-refractivity contribution in [1.82, 2.24) is 0 Å². The van der Waals surface area contributed by atoms with Gasteiger partial charge in [-0.25, -0.2) is 0 Å². The second-order valence-electron chi connectivity index (χ2n) is 13.0. The minimum Gasteiger partial charge on any atom is -0.456 e. The zero-order valence-electron chi connectivity index (χ0n) is 29.6. The van der Waals surface area contributed by atoms with Crippen LogP contribution in [-0.4, -0.2) is 0 Å². The van der Waals surface area contributed by atoms with Gasteiger partial charge in [0.2, 0.25) is 0 Å². The van der Waals surface area contributed by atoms with Crippen LogP contribution in [0.15, 0.2) is 186 Å². The third-order valence-corrected chi connectivity index (χ3v) is 10.7. The van der Waals surface area contributed by atoms with Crippen LogP contribution in [0.5, 0.6) is 23.0 Å². The quantitative estimate of drug-likeness (QED) is 0.177. The predicted octanol–water partition coefficient (Wildman–Crippen LogP) is 15.2. The van der Waals surface area contributed by atoms with Crippen LogP contribution in [0, 0.1) is 0 Å². The molecule has 3 nitrogen and oxygen atoms in total. The number of nitrogen functional groups attached to an aromatic ring is 1. The maximum Gasteiger partial charge on any atom is 0.135 e. The Morgan fingerprint density at radius 1 is 0.400 bits per heavy atom. The van der Waals surface area contributed by atoms with Crippen molar-refractivity contribution in [2.75, 3.05) is 5.73 Å². The zero-order chi connectivity index (χ0) is 37.7. The summed E-state index contributed by atoms with van der Waals surface area (Å²) in [5, 5.41) is 1.42. The Hall–Kier alpha value is -5.78. The number of benzene rings is 8. The van der Waals surface area contributed by atoms with Crippen molar-refractivity contribution in [2.45, 2.75) is 6.42 Å². The molecular formula is C49H34BrCl2NO2. The number of rotatable bonds is 2. The molecule has 2 aliphatic heterocycles. The molecular weight excluding hydrogens is 785 g/mol. The molecule has 0 atom stereocenters. The summed E-state index contributed by atoms with van der Waals surface area (Å²) in [6.07, 6.45) is 0.794. The summed E-state index contributed by atoms with van der Waals surface area (Å²) in [6.45, 7) is 0. The molecule has 0 aliphatic carbocycles. The second kappa shape index (κ2) is 16.3. The van der Waals surface area contributed by atoms with Crippen LogP contribution in [0.25, 0.3) is 44.5 Å². The van der Waals surface area contributed by atoms with Crippen molar-refractivity contribution in [3.05, 3.63) is 208 Å². The topological polar surface area (TPSA) is 44.5 Å². The largest absolute Gasteiger partial charge is 0.456 e. The number of nitrogens with two attached hydrogens (primary N) is 1. The second-order valence-corrected chi connectivity index (χ2v) is 14.8. The maximum absolute atomic E-state index is 6.36. The van der Waals surface area contributed by atoms with E-state index in [1.54, 1.807) is 12.1 Å².